The van der Waals surface area contributed by atoms with Crippen molar-refractivity contribution in [1.82, 2.24) is 0 Å². The van der Waals surface area contributed by atoms with Crippen molar-refractivity contribution in [1.29, 1.82) is 0 Å². The quantitative estimate of drug-likeness (QED) is 0.283. The average Bonchev–Trinajstić information content (AvgIpc) is 2.71. The number of hydrogen-bond donors (Lipinski definition) is 1. The molecule has 1 amide bonds. The van der Waals surface area contributed by atoms with Crippen LogP contribution in [-0.4, -0.2) is 5.91 Å². The third-order valence-corrected chi connectivity index (χ3v) is 5.99. The van der Waals surface area contributed by atoms with Crippen LogP contribution in [0.15, 0.2) is 75.9 Å². The molecule has 0 saturated heterocycles. The molecule has 0 radical (unpaired) electrons. The van der Waals surface area contributed by atoms with E-state index in [2.05, 4.69) is 27.9 Å². The number of para-hydroxylation sites is 1. The second kappa shape index (κ2) is 7.83. The molecule has 144 valence electrons. The summed E-state index contributed by atoms with van der Waals surface area (Å²) in [5.74, 6) is -0.222. The zero-order chi connectivity index (χ0) is 20.5. The van der Waals surface area contributed by atoms with E-state index in [4.69, 9.17) is 4.42 Å². The van der Waals surface area contributed by atoms with Crippen LogP contribution in [0.5, 0.6) is 0 Å². The van der Waals surface area contributed by atoms with Crippen LogP contribution in [-0.2, 0) is 0 Å². The Morgan fingerprint density at radius 3 is 2.55 bits per heavy atom. The van der Waals surface area contributed by atoms with Crippen molar-refractivity contribution in [3.63, 3.8) is 0 Å². The van der Waals surface area contributed by atoms with Crippen LogP contribution in [0.1, 0.15) is 21.5 Å². The fourth-order valence-electron chi connectivity index (χ4n) is 3.20. The van der Waals surface area contributed by atoms with Gasteiger partial charge in [-0.2, -0.15) is 0 Å². The first-order chi connectivity index (χ1) is 13.9. The fraction of sp³-hybridized carbons (Fsp3) is 0.0833. The van der Waals surface area contributed by atoms with Crippen LogP contribution in [0.4, 0.5) is 5.69 Å². The Morgan fingerprint density at radius 1 is 0.931 bits per heavy atom. The van der Waals surface area contributed by atoms with E-state index in [9.17, 15) is 9.59 Å². The zero-order valence-electron chi connectivity index (χ0n) is 16.0. The van der Waals surface area contributed by atoms with Gasteiger partial charge in [0.15, 0.2) is 0 Å². The minimum atomic E-state index is -0.426. The summed E-state index contributed by atoms with van der Waals surface area (Å²) in [4.78, 5) is 25.3. The van der Waals surface area contributed by atoms with Gasteiger partial charge in [-0.1, -0.05) is 30.3 Å². The Bertz CT molecular complexity index is 1310. The normalized spacial score (nSPS) is 10.9. The maximum absolute atomic E-state index is 12.8. The Hall–Kier alpha value is -2.93. The molecule has 0 spiro atoms. The van der Waals surface area contributed by atoms with Crippen molar-refractivity contribution in [2.45, 2.75) is 13.8 Å². The second-order valence-electron chi connectivity index (χ2n) is 6.94. The minimum Gasteiger partial charge on any atom is -0.422 e. The van der Waals surface area contributed by atoms with Gasteiger partial charge in [-0.05, 0) is 89.5 Å². The molecule has 29 heavy (non-hydrogen) atoms. The van der Waals surface area contributed by atoms with E-state index in [0.717, 1.165) is 25.8 Å². The van der Waals surface area contributed by atoms with Gasteiger partial charge < -0.3 is 9.73 Å². The van der Waals surface area contributed by atoms with Gasteiger partial charge in [-0.25, -0.2) is 4.79 Å². The van der Waals surface area contributed by atoms with Gasteiger partial charge in [0.1, 0.15) is 5.58 Å². The molecule has 4 rings (SSSR count). The SMILES string of the molecule is Cc1cc(NC(=O)c2cccc(-c3cc4ccccc4oc3=O)c2)c(C)cc1I. The van der Waals surface area contributed by atoms with Gasteiger partial charge in [0.05, 0.1) is 5.56 Å². The Balaban J connectivity index is 1.69. The molecule has 0 saturated carbocycles. The molecule has 0 aliphatic rings. The summed E-state index contributed by atoms with van der Waals surface area (Å²) in [6.45, 7) is 3.98. The van der Waals surface area contributed by atoms with Crippen LogP contribution in [0.25, 0.3) is 22.1 Å². The summed E-state index contributed by atoms with van der Waals surface area (Å²) in [6.07, 6.45) is 0. The van der Waals surface area contributed by atoms with Crippen LogP contribution < -0.4 is 10.9 Å². The van der Waals surface area contributed by atoms with E-state index >= 15 is 0 Å². The number of benzene rings is 3. The predicted molar refractivity (Wildman–Crippen MR) is 125 cm³/mol. The third-order valence-electron chi connectivity index (χ3n) is 4.83. The highest BCUT2D eigenvalue weighted by molar-refractivity contribution is 14.1. The lowest BCUT2D eigenvalue weighted by molar-refractivity contribution is 0.102. The third kappa shape index (κ3) is 3.96. The summed E-state index contributed by atoms with van der Waals surface area (Å²) in [5.41, 5.74) is 4.56. The maximum Gasteiger partial charge on any atom is 0.344 e. The molecule has 4 aromatic rings. The average molecular weight is 495 g/mol. The highest BCUT2D eigenvalue weighted by Crippen LogP contribution is 2.24. The number of amides is 1. The predicted octanol–water partition coefficient (Wildman–Crippen LogP) is 5.93. The summed E-state index contributed by atoms with van der Waals surface area (Å²) >= 11 is 2.28. The highest BCUT2D eigenvalue weighted by atomic mass is 127. The molecule has 0 bridgehead atoms. The van der Waals surface area contributed by atoms with Crippen molar-refractivity contribution in [3.05, 3.63) is 97.4 Å². The molecule has 1 N–H and O–H groups in total. The molecular weight excluding hydrogens is 477 g/mol. The molecule has 0 aliphatic carbocycles. The summed E-state index contributed by atoms with van der Waals surface area (Å²) in [5, 5.41) is 3.81. The molecule has 0 atom stereocenters. The molecule has 0 fully saturated rings. The van der Waals surface area contributed by atoms with Gasteiger partial charge >= 0.3 is 5.63 Å². The van der Waals surface area contributed by atoms with E-state index in [1.807, 2.05) is 44.2 Å². The highest BCUT2D eigenvalue weighted by Gasteiger charge is 2.13. The van der Waals surface area contributed by atoms with Gasteiger partial charge in [-0.15, -0.1) is 0 Å². The molecule has 0 unspecified atom stereocenters. The molecular formula is C24H18INO3. The van der Waals surface area contributed by atoms with Gasteiger partial charge in [0.2, 0.25) is 0 Å². The van der Waals surface area contributed by atoms with E-state index in [-0.39, 0.29) is 5.91 Å². The number of aryl methyl sites for hydroxylation is 2. The van der Waals surface area contributed by atoms with E-state index in [1.54, 1.807) is 36.4 Å². The van der Waals surface area contributed by atoms with Gasteiger partial charge in [0, 0.05) is 20.2 Å². The summed E-state index contributed by atoms with van der Waals surface area (Å²) in [6, 6.07) is 20.2. The number of halogens is 1. The van der Waals surface area contributed by atoms with Crippen LogP contribution >= 0.6 is 22.6 Å². The number of rotatable bonds is 3. The van der Waals surface area contributed by atoms with Crippen molar-refractivity contribution >= 4 is 45.2 Å². The largest absolute Gasteiger partial charge is 0.422 e. The lowest BCUT2D eigenvalue weighted by Gasteiger charge is -2.11. The van der Waals surface area contributed by atoms with E-state index in [0.29, 0.717) is 22.3 Å². The molecule has 4 nitrogen and oxygen atoms in total. The van der Waals surface area contributed by atoms with Crippen molar-refractivity contribution < 1.29 is 9.21 Å². The van der Waals surface area contributed by atoms with Crippen LogP contribution in [0, 0.1) is 17.4 Å². The first kappa shape index (κ1) is 19.4. The number of anilines is 1. The van der Waals surface area contributed by atoms with E-state index in [1.165, 1.54) is 0 Å². The van der Waals surface area contributed by atoms with Crippen LogP contribution in [0.2, 0.25) is 0 Å². The molecule has 1 heterocycles. The lowest BCUT2D eigenvalue weighted by atomic mass is 10.0. The molecule has 0 aliphatic heterocycles. The summed E-state index contributed by atoms with van der Waals surface area (Å²) in [7, 11) is 0. The van der Waals surface area contributed by atoms with Crippen molar-refractivity contribution in [2.24, 2.45) is 0 Å². The minimum absolute atomic E-state index is 0.222. The molecule has 5 heteroatoms. The lowest BCUT2D eigenvalue weighted by Crippen LogP contribution is -2.13. The Labute approximate surface area is 181 Å². The number of hydrogen-bond acceptors (Lipinski definition) is 3. The number of nitrogens with one attached hydrogen (secondary N) is 1. The Morgan fingerprint density at radius 2 is 1.72 bits per heavy atom. The summed E-state index contributed by atoms with van der Waals surface area (Å²) < 4.78 is 6.58. The molecule has 3 aromatic carbocycles. The zero-order valence-corrected chi connectivity index (χ0v) is 18.1. The van der Waals surface area contributed by atoms with Gasteiger partial charge in [-0.3, -0.25) is 4.79 Å². The van der Waals surface area contributed by atoms with E-state index < -0.39 is 5.63 Å². The van der Waals surface area contributed by atoms with Gasteiger partial charge in [0.25, 0.3) is 5.91 Å². The van der Waals surface area contributed by atoms with Crippen molar-refractivity contribution in [3.8, 4) is 11.1 Å². The monoisotopic (exact) mass is 495 g/mol. The number of carbonyl (C=O) groups excluding carboxylic acids is 1. The Kier molecular flexibility index (Phi) is 5.24. The standard InChI is InChI=1S/C24H18INO3/c1-14-11-21(15(2)10-20(14)25)26-23(27)18-8-5-7-16(12-18)19-13-17-6-3-4-9-22(17)29-24(19)28/h3-13H,1-2H3,(H,26,27). The number of fused-ring (bicyclic) bond motifs is 1. The number of carbonyl (C=O) groups is 1. The fourth-order valence-corrected chi connectivity index (χ4v) is 3.82. The van der Waals surface area contributed by atoms with Crippen LogP contribution in [0.3, 0.4) is 0 Å². The maximum atomic E-state index is 12.8. The first-order valence-corrected chi connectivity index (χ1v) is 10.2. The topological polar surface area (TPSA) is 59.3 Å². The van der Waals surface area contributed by atoms with Crippen molar-refractivity contribution in [2.75, 3.05) is 5.32 Å². The second-order valence-corrected chi connectivity index (χ2v) is 8.10. The first-order valence-electron chi connectivity index (χ1n) is 9.14. The smallest absolute Gasteiger partial charge is 0.344 e. The molecule has 1 aromatic heterocycles.